The van der Waals surface area contributed by atoms with Crippen LogP contribution in [0.5, 0.6) is 0 Å². The third kappa shape index (κ3) is 24.0. The molecule has 0 aliphatic heterocycles. The molecule has 0 saturated heterocycles. The van der Waals surface area contributed by atoms with E-state index in [1.54, 1.807) is 38.0 Å². The summed E-state index contributed by atoms with van der Waals surface area (Å²) in [6, 6.07) is 0. The van der Waals surface area contributed by atoms with Crippen LogP contribution in [0, 0.1) is 5.41 Å². The Labute approximate surface area is 255 Å². The van der Waals surface area contributed by atoms with E-state index in [2.05, 4.69) is 13.8 Å². The van der Waals surface area contributed by atoms with Gasteiger partial charge in [-0.05, 0) is 25.7 Å². The van der Waals surface area contributed by atoms with Gasteiger partial charge in [0.25, 0.3) is 0 Å². The SMILES string of the molecule is CCCCCCCCCCCCOCC(CCCCCCCOCCCCCC)(CC(=O)N(C)C)CC(=O)N(C)C. The molecule has 0 unspecified atom stereocenters. The molecule has 0 spiro atoms. The Balaban J connectivity index is 4.61. The summed E-state index contributed by atoms with van der Waals surface area (Å²) in [5, 5.41) is 0. The lowest BCUT2D eigenvalue weighted by atomic mass is 9.76. The van der Waals surface area contributed by atoms with Gasteiger partial charge < -0.3 is 19.3 Å². The van der Waals surface area contributed by atoms with Crippen molar-refractivity contribution in [3.05, 3.63) is 0 Å². The molecule has 0 fully saturated rings. The predicted molar refractivity (Wildman–Crippen MR) is 174 cm³/mol. The van der Waals surface area contributed by atoms with Gasteiger partial charge >= 0.3 is 0 Å². The summed E-state index contributed by atoms with van der Waals surface area (Å²) in [5.41, 5.74) is -0.442. The maximum absolute atomic E-state index is 12.9. The predicted octanol–water partition coefficient (Wildman–Crippen LogP) is 8.80. The summed E-state index contributed by atoms with van der Waals surface area (Å²) < 4.78 is 12.0. The molecule has 0 saturated carbocycles. The average molecular weight is 583 g/mol. The van der Waals surface area contributed by atoms with Gasteiger partial charge in [0.15, 0.2) is 0 Å². The summed E-state index contributed by atoms with van der Waals surface area (Å²) >= 11 is 0. The third-order valence-corrected chi connectivity index (χ3v) is 8.24. The van der Waals surface area contributed by atoms with Crippen LogP contribution in [-0.4, -0.2) is 76.2 Å². The quantitative estimate of drug-likeness (QED) is 0.0794. The van der Waals surface area contributed by atoms with Gasteiger partial charge in [-0.3, -0.25) is 9.59 Å². The van der Waals surface area contributed by atoms with E-state index >= 15 is 0 Å². The number of carbonyl (C=O) groups excluding carboxylic acids is 2. The number of amides is 2. The molecule has 6 nitrogen and oxygen atoms in total. The number of unbranched alkanes of at least 4 members (excludes halogenated alkanes) is 16. The average Bonchev–Trinajstić information content (AvgIpc) is 2.94. The second-order valence-corrected chi connectivity index (χ2v) is 12.9. The topological polar surface area (TPSA) is 59.1 Å². The zero-order chi connectivity index (χ0) is 30.6. The zero-order valence-electron chi connectivity index (χ0n) is 28.4. The van der Waals surface area contributed by atoms with Crippen LogP contribution < -0.4 is 0 Å². The summed E-state index contributed by atoms with van der Waals surface area (Å²) in [6.45, 7) is 7.44. The monoisotopic (exact) mass is 583 g/mol. The first-order chi connectivity index (χ1) is 19.8. The molecule has 6 heteroatoms. The standard InChI is InChI=1S/C35H70N2O4/c1-7-9-11-13-14-15-16-17-20-25-29-41-32-35(30-33(38)36(3)4,31-34(39)37(5)6)26-22-19-18-21-24-28-40-27-23-12-10-8-2/h7-32H2,1-6H3. The van der Waals surface area contributed by atoms with Crippen molar-refractivity contribution < 1.29 is 19.1 Å². The highest BCUT2D eigenvalue weighted by atomic mass is 16.5. The first-order valence-electron chi connectivity index (χ1n) is 17.3. The molecule has 0 aromatic carbocycles. The minimum Gasteiger partial charge on any atom is -0.381 e. The van der Waals surface area contributed by atoms with Gasteiger partial charge in [0.2, 0.25) is 11.8 Å². The van der Waals surface area contributed by atoms with E-state index in [1.807, 2.05) is 0 Å². The van der Waals surface area contributed by atoms with Crippen LogP contribution >= 0.6 is 0 Å². The van der Waals surface area contributed by atoms with Gasteiger partial charge in [0.1, 0.15) is 0 Å². The molecule has 0 aromatic rings. The van der Waals surface area contributed by atoms with E-state index in [1.165, 1.54) is 89.9 Å². The van der Waals surface area contributed by atoms with E-state index in [9.17, 15) is 9.59 Å². The molecule has 244 valence electrons. The molecular weight excluding hydrogens is 512 g/mol. The van der Waals surface area contributed by atoms with Gasteiger partial charge in [-0.25, -0.2) is 0 Å². The number of carbonyl (C=O) groups is 2. The van der Waals surface area contributed by atoms with Crippen LogP contribution in [-0.2, 0) is 19.1 Å². The Morgan fingerprint density at radius 3 is 1.24 bits per heavy atom. The van der Waals surface area contributed by atoms with Crippen molar-refractivity contribution in [3.8, 4) is 0 Å². The molecule has 41 heavy (non-hydrogen) atoms. The minimum absolute atomic E-state index is 0.0789. The highest BCUT2D eigenvalue weighted by molar-refractivity contribution is 5.80. The van der Waals surface area contributed by atoms with Crippen LogP contribution in [0.15, 0.2) is 0 Å². The minimum atomic E-state index is -0.442. The van der Waals surface area contributed by atoms with Gasteiger partial charge in [0, 0.05) is 66.3 Å². The maximum atomic E-state index is 12.9. The summed E-state index contributed by atoms with van der Waals surface area (Å²) in [5.74, 6) is 0.158. The van der Waals surface area contributed by atoms with Crippen LogP contribution in [0.2, 0.25) is 0 Å². The summed E-state index contributed by atoms with van der Waals surface area (Å²) in [7, 11) is 7.21. The molecular formula is C35H70N2O4. The van der Waals surface area contributed by atoms with Gasteiger partial charge in [-0.15, -0.1) is 0 Å². The zero-order valence-corrected chi connectivity index (χ0v) is 28.4. The normalized spacial score (nSPS) is 11.7. The van der Waals surface area contributed by atoms with Crippen molar-refractivity contribution in [2.75, 3.05) is 54.6 Å². The lowest BCUT2D eigenvalue weighted by Gasteiger charge is -2.34. The number of hydrogen-bond acceptors (Lipinski definition) is 4. The first-order valence-corrected chi connectivity index (χ1v) is 17.3. The summed E-state index contributed by atoms with van der Waals surface area (Å²) in [6.07, 6.45) is 25.1. The highest BCUT2D eigenvalue weighted by Crippen LogP contribution is 2.35. The first kappa shape index (κ1) is 39.9. The smallest absolute Gasteiger partial charge is 0.222 e. The molecule has 0 bridgehead atoms. The van der Waals surface area contributed by atoms with Crippen LogP contribution in [0.4, 0.5) is 0 Å². The van der Waals surface area contributed by atoms with E-state index in [0.29, 0.717) is 26.1 Å². The van der Waals surface area contributed by atoms with Crippen LogP contribution in [0.1, 0.15) is 155 Å². The van der Waals surface area contributed by atoms with Crippen LogP contribution in [0.25, 0.3) is 0 Å². The van der Waals surface area contributed by atoms with Gasteiger partial charge in [-0.2, -0.15) is 0 Å². The maximum Gasteiger partial charge on any atom is 0.222 e. The van der Waals surface area contributed by atoms with Gasteiger partial charge in [0.05, 0.1) is 6.61 Å². The van der Waals surface area contributed by atoms with Gasteiger partial charge in [-0.1, -0.05) is 117 Å². The summed E-state index contributed by atoms with van der Waals surface area (Å²) in [4.78, 5) is 29.1. The van der Waals surface area contributed by atoms with Crippen molar-refractivity contribution in [1.82, 2.24) is 9.80 Å². The van der Waals surface area contributed by atoms with Crippen molar-refractivity contribution in [2.45, 2.75) is 155 Å². The van der Waals surface area contributed by atoms with Crippen molar-refractivity contribution in [2.24, 2.45) is 5.41 Å². The molecule has 0 radical (unpaired) electrons. The molecule has 2 amide bonds. The second-order valence-electron chi connectivity index (χ2n) is 12.9. The molecule has 0 aliphatic carbocycles. The lowest BCUT2D eigenvalue weighted by molar-refractivity contribution is -0.137. The Morgan fingerprint density at radius 2 is 0.829 bits per heavy atom. The van der Waals surface area contributed by atoms with Crippen LogP contribution in [0.3, 0.4) is 0 Å². The molecule has 0 atom stereocenters. The molecule has 0 aromatic heterocycles. The second kappa shape index (κ2) is 27.7. The Hall–Kier alpha value is -1.14. The number of ether oxygens (including phenoxy) is 2. The number of rotatable bonds is 30. The Bertz CT molecular complexity index is 557. The Morgan fingerprint density at radius 1 is 0.488 bits per heavy atom. The fraction of sp³-hybridized carbons (Fsp3) is 0.943. The fourth-order valence-electron chi connectivity index (χ4n) is 5.32. The van der Waals surface area contributed by atoms with Crippen molar-refractivity contribution in [1.29, 1.82) is 0 Å². The molecule has 0 N–H and O–H groups in total. The van der Waals surface area contributed by atoms with E-state index in [4.69, 9.17) is 9.47 Å². The highest BCUT2D eigenvalue weighted by Gasteiger charge is 2.36. The Kier molecular flexibility index (Phi) is 26.9. The number of hydrogen-bond donors (Lipinski definition) is 0. The largest absolute Gasteiger partial charge is 0.381 e. The third-order valence-electron chi connectivity index (χ3n) is 8.24. The van der Waals surface area contributed by atoms with Crippen molar-refractivity contribution >= 4 is 11.8 Å². The van der Waals surface area contributed by atoms with E-state index in [-0.39, 0.29) is 11.8 Å². The number of nitrogens with zero attached hydrogens (tertiary/aromatic N) is 2. The van der Waals surface area contributed by atoms with E-state index < -0.39 is 5.41 Å². The fourth-order valence-corrected chi connectivity index (χ4v) is 5.32. The lowest BCUT2D eigenvalue weighted by Crippen LogP contribution is -2.39. The molecule has 0 aliphatic rings. The molecule has 0 heterocycles. The van der Waals surface area contributed by atoms with Crippen molar-refractivity contribution in [3.63, 3.8) is 0 Å². The van der Waals surface area contributed by atoms with E-state index in [0.717, 1.165) is 51.7 Å². The molecule has 0 rings (SSSR count).